The second-order valence-corrected chi connectivity index (χ2v) is 5.46. The number of rotatable bonds is 3. The van der Waals surface area contributed by atoms with Crippen molar-refractivity contribution in [3.63, 3.8) is 0 Å². The SMILES string of the molecule is CN(Cc1ccc2ccccc2n1)C(=O)c1nc2ncccn2n1. The number of carbonyl (C=O) groups excluding carboxylic acids is 1. The summed E-state index contributed by atoms with van der Waals surface area (Å²) in [6.07, 6.45) is 3.32. The second kappa shape index (κ2) is 5.69. The molecule has 4 aromatic rings. The first-order valence-corrected chi connectivity index (χ1v) is 7.48. The van der Waals surface area contributed by atoms with E-state index in [0.717, 1.165) is 16.6 Å². The Morgan fingerprint density at radius 1 is 1.12 bits per heavy atom. The summed E-state index contributed by atoms with van der Waals surface area (Å²) in [5.41, 5.74) is 1.72. The molecule has 0 aliphatic rings. The zero-order valence-corrected chi connectivity index (χ0v) is 13.0. The molecule has 24 heavy (non-hydrogen) atoms. The van der Waals surface area contributed by atoms with Gasteiger partial charge in [0, 0.05) is 24.8 Å². The number of carbonyl (C=O) groups is 1. The summed E-state index contributed by atoms with van der Waals surface area (Å²) in [5.74, 6) is 0.255. The Balaban J connectivity index is 1.57. The summed E-state index contributed by atoms with van der Waals surface area (Å²) in [7, 11) is 1.71. The highest BCUT2D eigenvalue weighted by Gasteiger charge is 2.18. The van der Waals surface area contributed by atoms with Gasteiger partial charge >= 0.3 is 0 Å². The fourth-order valence-corrected chi connectivity index (χ4v) is 2.51. The van der Waals surface area contributed by atoms with Crippen LogP contribution in [0.5, 0.6) is 0 Å². The van der Waals surface area contributed by atoms with Crippen LogP contribution in [0.3, 0.4) is 0 Å². The highest BCUT2D eigenvalue weighted by Crippen LogP contribution is 2.13. The van der Waals surface area contributed by atoms with Crippen LogP contribution in [0.25, 0.3) is 16.7 Å². The van der Waals surface area contributed by atoms with Crippen molar-refractivity contribution < 1.29 is 4.79 Å². The van der Waals surface area contributed by atoms with Gasteiger partial charge in [0.05, 0.1) is 17.8 Å². The molecule has 0 aliphatic carbocycles. The van der Waals surface area contributed by atoms with E-state index in [1.54, 1.807) is 30.4 Å². The van der Waals surface area contributed by atoms with Crippen molar-refractivity contribution >= 4 is 22.6 Å². The minimum Gasteiger partial charge on any atom is -0.333 e. The molecule has 3 aromatic heterocycles. The van der Waals surface area contributed by atoms with Gasteiger partial charge in [0.2, 0.25) is 5.82 Å². The molecule has 118 valence electrons. The molecule has 3 heterocycles. The summed E-state index contributed by atoms with van der Waals surface area (Å²) in [6.45, 7) is 0.382. The smallest absolute Gasteiger partial charge is 0.293 e. The molecule has 1 amide bonds. The van der Waals surface area contributed by atoms with E-state index in [9.17, 15) is 4.79 Å². The van der Waals surface area contributed by atoms with E-state index in [0.29, 0.717) is 12.3 Å². The monoisotopic (exact) mass is 318 g/mol. The lowest BCUT2D eigenvalue weighted by atomic mass is 10.2. The fraction of sp³-hybridized carbons (Fsp3) is 0.118. The lowest BCUT2D eigenvalue weighted by molar-refractivity contribution is 0.0771. The topological polar surface area (TPSA) is 76.3 Å². The molecule has 7 heteroatoms. The van der Waals surface area contributed by atoms with E-state index < -0.39 is 0 Å². The van der Waals surface area contributed by atoms with Crippen LogP contribution in [-0.2, 0) is 6.54 Å². The maximum Gasteiger partial charge on any atom is 0.293 e. The van der Waals surface area contributed by atoms with Gasteiger partial charge in [-0.1, -0.05) is 24.3 Å². The number of para-hydroxylation sites is 1. The lowest BCUT2D eigenvalue weighted by Gasteiger charge is -2.14. The van der Waals surface area contributed by atoms with Crippen LogP contribution >= 0.6 is 0 Å². The molecule has 0 unspecified atom stereocenters. The summed E-state index contributed by atoms with van der Waals surface area (Å²) < 4.78 is 1.48. The standard InChI is InChI=1S/C17H14N6O/c1-22(11-13-8-7-12-5-2-3-6-14(12)19-13)16(24)15-20-17-18-9-4-10-23(17)21-15/h2-10H,11H2,1H3. The quantitative estimate of drug-likeness (QED) is 0.577. The average molecular weight is 318 g/mol. The summed E-state index contributed by atoms with van der Waals surface area (Å²) in [4.78, 5) is 26.9. The first-order chi connectivity index (χ1) is 11.7. The molecule has 0 aliphatic heterocycles. The predicted molar refractivity (Wildman–Crippen MR) is 88.3 cm³/mol. The molecule has 0 bridgehead atoms. The van der Waals surface area contributed by atoms with Gasteiger partial charge < -0.3 is 4.90 Å². The molecular weight excluding hydrogens is 304 g/mol. The first kappa shape index (κ1) is 14.3. The number of amides is 1. The number of nitrogens with zero attached hydrogens (tertiary/aromatic N) is 6. The molecule has 0 spiro atoms. The number of hydrogen-bond donors (Lipinski definition) is 0. The Morgan fingerprint density at radius 2 is 2.00 bits per heavy atom. The highest BCUT2D eigenvalue weighted by atomic mass is 16.2. The van der Waals surface area contributed by atoms with Crippen LogP contribution in [0, 0.1) is 0 Å². The van der Waals surface area contributed by atoms with E-state index in [4.69, 9.17) is 0 Å². The van der Waals surface area contributed by atoms with Crippen molar-refractivity contribution in [1.29, 1.82) is 0 Å². The molecule has 0 radical (unpaired) electrons. The number of aromatic nitrogens is 5. The van der Waals surface area contributed by atoms with Gasteiger partial charge in [-0.25, -0.2) is 9.50 Å². The van der Waals surface area contributed by atoms with Gasteiger partial charge in [0.25, 0.3) is 11.7 Å². The summed E-state index contributed by atoms with van der Waals surface area (Å²) in [5, 5.41) is 5.23. The van der Waals surface area contributed by atoms with Crippen molar-refractivity contribution in [3.05, 3.63) is 66.4 Å². The Hall–Kier alpha value is -3.35. The molecule has 0 saturated carbocycles. The third kappa shape index (κ3) is 2.56. The van der Waals surface area contributed by atoms with E-state index in [2.05, 4.69) is 20.1 Å². The van der Waals surface area contributed by atoms with Gasteiger partial charge in [-0.15, -0.1) is 5.10 Å². The summed E-state index contributed by atoms with van der Waals surface area (Å²) >= 11 is 0. The van der Waals surface area contributed by atoms with E-state index in [-0.39, 0.29) is 11.7 Å². The van der Waals surface area contributed by atoms with Crippen LogP contribution in [0.4, 0.5) is 0 Å². The lowest BCUT2D eigenvalue weighted by Crippen LogP contribution is -2.27. The van der Waals surface area contributed by atoms with E-state index in [1.807, 2.05) is 36.4 Å². The minimum atomic E-state index is -0.268. The second-order valence-electron chi connectivity index (χ2n) is 5.46. The number of pyridine rings is 1. The number of benzene rings is 1. The van der Waals surface area contributed by atoms with Crippen molar-refractivity contribution in [3.8, 4) is 0 Å². The van der Waals surface area contributed by atoms with Crippen LogP contribution < -0.4 is 0 Å². The van der Waals surface area contributed by atoms with Crippen LogP contribution in [0.15, 0.2) is 54.9 Å². The molecule has 0 atom stereocenters. The Kier molecular flexibility index (Phi) is 3.38. The third-order valence-corrected chi connectivity index (χ3v) is 3.71. The van der Waals surface area contributed by atoms with Gasteiger partial charge in [-0.2, -0.15) is 4.98 Å². The largest absolute Gasteiger partial charge is 0.333 e. The molecule has 0 N–H and O–H groups in total. The van der Waals surface area contributed by atoms with Gasteiger partial charge in [-0.3, -0.25) is 9.78 Å². The zero-order valence-electron chi connectivity index (χ0n) is 13.0. The molecule has 0 saturated heterocycles. The van der Waals surface area contributed by atoms with Crippen LogP contribution in [0.1, 0.15) is 16.3 Å². The maximum absolute atomic E-state index is 12.5. The van der Waals surface area contributed by atoms with Gasteiger partial charge in [-0.05, 0) is 18.2 Å². The van der Waals surface area contributed by atoms with Gasteiger partial charge in [0.15, 0.2) is 0 Å². The Labute approximate surface area is 137 Å². The third-order valence-electron chi connectivity index (χ3n) is 3.71. The Morgan fingerprint density at radius 3 is 2.88 bits per heavy atom. The van der Waals surface area contributed by atoms with Crippen LogP contribution in [-0.4, -0.2) is 42.4 Å². The molecule has 7 nitrogen and oxygen atoms in total. The van der Waals surface area contributed by atoms with Crippen LogP contribution in [0.2, 0.25) is 0 Å². The highest BCUT2D eigenvalue weighted by molar-refractivity contribution is 5.90. The molecule has 1 aromatic carbocycles. The fourth-order valence-electron chi connectivity index (χ4n) is 2.51. The van der Waals surface area contributed by atoms with Crippen molar-refractivity contribution in [2.45, 2.75) is 6.54 Å². The van der Waals surface area contributed by atoms with Crippen molar-refractivity contribution in [1.82, 2.24) is 29.5 Å². The molecule has 0 fully saturated rings. The summed E-state index contributed by atoms with van der Waals surface area (Å²) in [6, 6.07) is 13.5. The maximum atomic E-state index is 12.5. The number of hydrogen-bond acceptors (Lipinski definition) is 5. The minimum absolute atomic E-state index is 0.122. The normalized spacial score (nSPS) is 11.0. The average Bonchev–Trinajstić information content (AvgIpc) is 3.05. The molecule has 4 rings (SSSR count). The van der Waals surface area contributed by atoms with Crippen molar-refractivity contribution in [2.24, 2.45) is 0 Å². The Bertz CT molecular complexity index is 1010. The van der Waals surface area contributed by atoms with Crippen molar-refractivity contribution in [2.75, 3.05) is 7.05 Å². The zero-order chi connectivity index (χ0) is 16.5. The number of fused-ring (bicyclic) bond motifs is 2. The van der Waals surface area contributed by atoms with E-state index in [1.165, 1.54) is 4.52 Å². The molecular formula is C17H14N6O. The predicted octanol–water partition coefficient (Wildman–Crippen LogP) is 1.94. The van der Waals surface area contributed by atoms with E-state index >= 15 is 0 Å². The first-order valence-electron chi connectivity index (χ1n) is 7.48. The van der Waals surface area contributed by atoms with Gasteiger partial charge in [0.1, 0.15) is 0 Å².